The second-order valence-electron chi connectivity index (χ2n) is 4.95. The Balaban J connectivity index is 2.08. The summed E-state index contributed by atoms with van der Waals surface area (Å²) in [5, 5.41) is 0. The molecule has 18 heavy (non-hydrogen) atoms. The zero-order valence-electron chi connectivity index (χ0n) is 10.6. The molecule has 0 spiro atoms. The topological polar surface area (TPSA) is 91.2 Å². The fraction of sp³-hybridized carbons (Fsp3) is 0.538. The molecule has 0 unspecified atom stereocenters. The number of ether oxygens (including phenoxy) is 1. The number of primary amides is 1. The predicted octanol–water partition coefficient (Wildman–Crippen LogP) is 1.72. The summed E-state index contributed by atoms with van der Waals surface area (Å²) in [6.45, 7) is 2.25. The summed E-state index contributed by atoms with van der Waals surface area (Å²) in [5.74, 6) is 0.509. The SMILES string of the molecule is CC1CCC(Oc2nc(C(N)=O)ccc2N)CC1. The molecule has 4 N–H and O–H groups in total. The summed E-state index contributed by atoms with van der Waals surface area (Å²) in [6, 6.07) is 3.11. The Kier molecular flexibility index (Phi) is 3.69. The Hall–Kier alpha value is -1.78. The van der Waals surface area contributed by atoms with Gasteiger partial charge in [-0.25, -0.2) is 4.98 Å². The standard InChI is InChI=1S/C13H19N3O2/c1-8-2-4-9(5-3-8)18-13-10(14)6-7-11(16-13)12(15)17/h6-9H,2-5,14H2,1H3,(H2,15,17). The minimum absolute atomic E-state index is 0.138. The van der Waals surface area contributed by atoms with Gasteiger partial charge in [0.25, 0.3) is 5.91 Å². The van der Waals surface area contributed by atoms with Crippen molar-refractivity contribution in [2.75, 3.05) is 5.73 Å². The van der Waals surface area contributed by atoms with Gasteiger partial charge in [-0.15, -0.1) is 0 Å². The molecule has 0 bridgehead atoms. The Morgan fingerprint density at radius 1 is 1.33 bits per heavy atom. The van der Waals surface area contributed by atoms with E-state index in [0.717, 1.165) is 31.6 Å². The monoisotopic (exact) mass is 249 g/mol. The van der Waals surface area contributed by atoms with E-state index in [0.29, 0.717) is 11.6 Å². The molecule has 5 nitrogen and oxygen atoms in total. The number of anilines is 1. The van der Waals surface area contributed by atoms with Gasteiger partial charge in [-0.1, -0.05) is 6.92 Å². The summed E-state index contributed by atoms with van der Waals surface area (Å²) in [6.07, 6.45) is 4.45. The van der Waals surface area contributed by atoms with Crippen LogP contribution in [0.2, 0.25) is 0 Å². The van der Waals surface area contributed by atoms with E-state index >= 15 is 0 Å². The van der Waals surface area contributed by atoms with Gasteiger partial charge in [-0.05, 0) is 43.7 Å². The van der Waals surface area contributed by atoms with Crippen LogP contribution in [0.3, 0.4) is 0 Å². The van der Waals surface area contributed by atoms with Crippen LogP contribution in [-0.2, 0) is 0 Å². The minimum Gasteiger partial charge on any atom is -0.473 e. The molecule has 1 saturated carbocycles. The van der Waals surface area contributed by atoms with Crippen LogP contribution in [-0.4, -0.2) is 17.0 Å². The van der Waals surface area contributed by atoms with Crippen LogP contribution >= 0.6 is 0 Å². The van der Waals surface area contributed by atoms with Gasteiger partial charge < -0.3 is 16.2 Å². The molecule has 1 amide bonds. The van der Waals surface area contributed by atoms with E-state index in [1.807, 2.05) is 0 Å². The van der Waals surface area contributed by atoms with Gasteiger partial charge in [-0.3, -0.25) is 4.79 Å². The number of hydrogen-bond donors (Lipinski definition) is 2. The van der Waals surface area contributed by atoms with Crippen LogP contribution in [0, 0.1) is 5.92 Å². The largest absolute Gasteiger partial charge is 0.473 e. The number of nitrogens with two attached hydrogens (primary N) is 2. The van der Waals surface area contributed by atoms with E-state index in [1.165, 1.54) is 6.07 Å². The summed E-state index contributed by atoms with van der Waals surface area (Å²) >= 11 is 0. The molecule has 1 aromatic rings. The van der Waals surface area contributed by atoms with Crippen LogP contribution in [0.25, 0.3) is 0 Å². The van der Waals surface area contributed by atoms with Gasteiger partial charge in [0.2, 0.25) is 5.88 Å². The average Bonchev–Trinajstić information content (AvgIpc) is 2.34. The summed E-state index contributed by atoms with van der Waals surface area (Å²) in [4.78, 5) is 15.1. The van der Waals surface area contributed by atoms with Crippen molar-refractivity contribution in [3.05, 3.63) is 17.8 Å². The van der Waals surface area contributed by atoms with Gasteiger partial charge >= 0.3 is 0 Å². The van der Waals surface area contributed by atoms with Crippen LogP contribution in [0.15, 0.2) is 12.1 Å². The normalized spacial score (nSPS) is 23.6. The molecule has 2 rings (SSSR count). The third-order valence-electron chi connectivity index (χ3n) is 3.38. The number of carbonyl (C=O) groups is 1. The maximum Gasteiger partial charge on any atom is 0.267 e. The van der Waals surface area contributed by atoms with Crippen molar-refractivity contribution in [1.29, 1.82) is 0 Å². The zero-order valence-corrected chi connectivity index (χ0v) is 10.6. The Bertz CT molecular complexity index is 440. The average molecular weight is 249 g/mol. The van der Waals surface area contributed by atoms with Crippen molar-refractivity contribution in [2.45, 2.75) is 38.7 Å². The van der Waals surface area contributed by atoms with Crippen molar-refractivity contribution < 1.29 is 9.53 Å². The highest BCUT2D eigenvalue weighted by atomic mass is 16.5. The molecule has 0 radical (unpaired) electrons. The summed E-state index contributed by atoms with van der Waals surface area (Å²) in [7, 11) is 0. The van der Waals surface area contributed by atoms with Gasteiger partial charge in [-0.2, -0.15) is 0 Å². The molecule has 1 fully saturated rings. The molecule has 1 aliphatic carbocycles. The van der Waals surface area contributed by atoms with Crippen LogP contribution in [0.1, 0.15) is 43.1 Å². The van der Waals surface area contributed by atoms with Crippen LogP contribution < -0.4 is 16.2 Å². The van der Waals surface area contributed by atoms with Crippen molar-refractivity contribution in [2.24, 2.45) is 11.7 Å². The third-order valence-corrected chi connectivity index (χ3v) is 3.38. The molecular weight excluding hydrogens is 230 g/mol. The molecule has 0 aromatic carbocycles. The van der Waals surface area contributed by atoms with Crippen molar-refractivity contribution in [1.82, 2.24) is 4.98 Å². The molecule has 98 valence electrons. The fourth-order valence-electron chi connectivity index (χ4n) is 2.19. The second kappa shape index (κ2) is 5.25. The number of pyridine rings is 1. The number of amides is 1. The highest BCUT2D eigenvalue weighted by Crippen LogP contribution is 2.28. The lowest BCUT2D eigenvalue weighted by molar-refractivity contribution is 0.0990. The number of nitrogen functional groups attached to an aromatic ring is 1. The molecule has 1 aromatic heterocycles. The number of aromatic nitrogens is 1. The van der Waals surface area contributed by atoms with Gasteiger partial charge in [0.1, 0.15) is 11.8 Å². The number of nitrogens with zero attached hydrogens (tertiary/aromatic N) is 1. The van der Waals surface area contributed by atoms with E-state index in [1.54, 1.807) is 6.07 Å². The summed E-state index contributed by atoms with van der Waals surface area (Å²) in [5.41, 5.74) is 11.6. The molecule has 5 heteroatoms. The first-order valence-electron chi connectivity index (χ1n) is 6.29. The first-order chi connectivity index (χ1) is 8.56. The minimum atomic E-state index is -0.572. The van der Waals surface area contributed by atoms with Crippen LogP contribution in [0.5, 0.6) is 5.88 Å². The Morgan fingerprint density at radius 2 is 2.00 bits per heavy atom. The van der Waals surface area contributed by atoms with Crippen molar-refractivity contribution >= 4 is 11.6 Å². The van der Waals surface area contributed by atoms with E-state index in [2.05, 4.69) is 11.9 Å². The molecule has 0 atom stereocenters. The molecular formula is C13H19N3O2. The highest BCUT2D eigenvalue weighted by Gasteiger charge is 2.21. The first kappa shape index (κ1) is 12.7. The van der Waals surface area contributed by atoms with Gasteiger partial charge in [0.15, 0.2) is 0 Å². The summed E-state index contributed by atoms with van der Waals surface area (Å²) < 4.78 is 5.78. The Morgan fingerprint density at radius 3 is 2.61 bits per heavy atom. The number of rotatable bonds is 3. The van der Waals surface area contributed by atoms with Crippen molar-refractivity contribution in [3.63, 3.8) is 0 Å². The highest BCUT2D eigenvalue weighted by molar-refractivity contribution is 5.91. The maximum atomic E-state index is 11.1. The lowest BCUT2D eigenvalue weighted by atomic mass is 9.89. The molecule has 1 heterocycles. The zero-order chi connectivity index (χ0) is 13.1. The maximum absolute atomic E-state index is 11.1. The van der Waals surface area contributed by atoms with E-state index < -0.39 is 5.91 Å². The van der Waals surface area contributed by atoms with E-state index in [4.69, 9.17) is 16.2 Å². The lowest BCUT2D eigenvalue weighted by Crippen LogP contribution is -2.24. The van der Waals surface area contributed by atoms with Crippen molar-refractivity contribution in [3.8, 4) is 5.88 Å². The second-order valence-corrected chi connectivity index (χ2v) is 4.95. The number of carbonyl (C=O) groups excluding carboxylic acids is 1. The fourth-order valence-corrected chi connectivity index (χ4v) is 2.19. The van der Waals surface area contributed by atoms with Gasteiger partial charge in [0.05, 0.1) is 5.69 Å². The van der Waals surface area contributed by atoms with Gasteiger partial charge in [0, 0.05) is 0 Å². The molecule has 0 saturated heterocycles. The van der Waals surface area contributed by atoms with Crippen LogP contribution in [0.4, 0.5) is 5.69 Å². The Labute approximate surface area is 107 Å². The lowest BCUT2D eigenvalue weighted by Gasteiger charge is -2.26. The quantitative estimate of drug-likeness (QED) is 0.853. The third kappa shape index (κ3) is 2.91. The predicted molar refractivity (Wildman–Crippen MR) is 69.2 cm³/mol. The number of hydrogen-bond acceptors (Lipinski definition) is 4. The molecule has 0 aliphatic heterocycles. The first-order valence-corrected chi connectivity index (χ1v) is 6.29. The van der Waals surface area contributed by atoms with E-state index in [-0.39, 0.29) is 11.8 Å². The smallest absolute Gasteiger partial charge is 0.267 e. The molecule has 1 aliphatic rings. The van der Waals surface area contributed by atoms with E-state index in [9.17, 15) is 4.79 Å².